The maximum atomic E-state index is 12.6. The molecule has 0 bridgehead atoms. The maximum absolute atomic E-state index is 12.6. The molecule has 2 aliphatic rings. The number of esters is 1. The third kappa shape index (κ3) is 4.27. The molecule has 1 aliphatic carbocycles. The van der Waals surface area contributed by atoms with E-state index in [4.69, 9.17) is 9.47 Å². The van der Waals surface area contributed by atoms with Crippen molar-refractivity contribution in [2.45, 2.75) is 31.6 Å². The van der Waals surface area contributed by atoms with Crippen molar-refractivity contribution >= 4 is 11.9 Å². The van der Waals surface area contributed by atoms with Gasteiger partial charge in [0.15, 0.2) is 0 Å². The molecule has 1 amide bonds. The summed E-state index contributed by atoms with van der Waals surface area (Å²) in [6, 6.07) is 6.71. The predicted octanol–water partition coefficient (Wildman–Crippen LogP) is 1.35. The van der Waals surface area contributed by atoms with Crippen molar-refractivity contribution in [3.63, 3.8) is 0 Å². The Morgan fingerprint density at radius 1 is 1.17 bits per heavy atom. The monoisotopic (exact) mass is 399 g/mol. The van der Waals surface area contributed by atoms with Crippen LogP contribution >= 0.6 is 0 Å². The number of aliphatic hydroxyl groups is 1. The molecule has 0 spiro atoms. The summed E-state index contributed by atoms with van der Waals surface area (Å²) in [6.07, 6.45) is 5.47. The molecule has 1 aromatic carbocycles. The summed E-state index contributed by atoms with van der Waals surface area (Å²) >= 11 is 0. The van der Waals surface area contributed by atoms with Crippen LogP contribution in [-0.2, 0) is 16.1 Å². The summed E-state index contributed by atoms with van der Waals surface area (Å²) in [5.74, 6) is 0.875. The minimum atomic E-state index is -0.583. The zero-order chi connectivity index (χ0) is 20.4. The lowest BCUT2D eigenvalue weighted by Crippen LogP contribution is -2.42. The normalized spacial score (nSPS) is 26.1. The highest BCUT2D eigenvalue weighted by Gasteiger charge is 2.43. The van der Waals surface area contributed by atoms with E-state index in [1.165, 1.54) is 7.11 Å². The molecule has 1 aromatic heterocycles. The fraction of sp³-hybridized carbons (Fsp3) is 0.476. The van der Waals surface area contributed by atoms with Crippen LogP contribution in [0, 0.1) is 11.8 Å². The molecular weight excluding hydrogens is 374 g/mol. The molecule has 2 heterocycles. The first kappa shape index (κ1) is 19.4. The largest absolute Gasteiger partial charge is 0.488 e. The fourth-order valence-electron chi connectivity index (χ4n) is 4.32. The Hall–Kier alpha value is -2.87. The van der Waals surface area contributed by atoms with Gasteiger partial charge in [-0.3, -0.25) is 4.79 Å². The van der Waals surface area contributed by atoms with Crippen LogP contribution < -0.4 is 4.74 Å². The molecule has 4 atom stereocenters. The summed E-state index contributed by atoms with van der Waals surface area (Å²) in [7, 11) is 1.34. The van der Waals surface area contributed by atoms with Crippen LogP contribution in [0.3, 0.4) is 0 Å². The van der Waals surface area contributed by atoms with Crippen LogP contribution in [-0.4, -0.2) is 63.8 Å². The molecule has 8 nitrogen and oxygen atoms in total. The number of likely N-dealkylation sites (tertiary alicyclic amines) is 1. The molecule has 2 aromatic rings. The number of hydrogen-bond acceptors (Lipinski definition) is 6. The summed E-state index contributed by atoms with van der Waals surface area (Å²) < 4.78 is 12.5. The molecule has 1 aliphatic heterocycles. The Labute approximate surface area is 169 Å². The first-order chi connectivity index (χ1) is 14.0. The van der Waals surface area contributed by atoms with Crippen LogP contribution in [0.2, 0.25) is 0 Å². The van der Waals surface area contributed by atoms with Gasteiger partial charge in [0.2, 0.25) is 5.91 Å². The molecular formula is C21H25N3O5. The number of ether oxygens (including phenoxy) is 2. The standard InChI is InChI=1S/C21H25N3O5/c1-28-21(27)14-2-4-17(5-3-14)29-19-9-16-11-24(10-15(16)8-18(19)25)20(26)12-23-7-6-22-13-23/h2-7,13,15-16,18-19,25H,8-12H2,1H3/t15-,16+,18+,19+/m0/s1. The van der Waals surface area contributed by atoms with Crippen molar-refractivity contribution in [1.82, 2.24) is 14.5 Å². The van der Waals surface area contributed by atoms with E-state index in [0.29, 0.717) is 49.1 Å². The molecule has 8 heteroatoms. The van der Waals surface area contributed by atoms with Gasteiger partial charge in [0.25, 0.3) is 0 Å². The molecule has 0 unspecified atom stereocenters. The quantitative estimate of drug-likeness (QED) is 0.763. The Morgan fingerprint density at radius 3 is 2.55 bits per heavy atom. The minimum Gasteiger partial charge on any atom is -0.488 e. The Kier molecular flexibility index (Phi) is 5.53. The maximum Gasteiger partial charge on any atom is 0.337 e. The highest BCUT2D eigenvalue weighted by molar-refractivity contribution is 5.89. The number of carbonyl (C=O) groups excluding carboxylic acids is 2. The topological polar surface area (TPSA) is 93.9 Å². The Bertz CT molecular complexity index is 852. The molecule has 1 saturated carbocycles. The number of rotatable bonds is 5. The van der Waals surface area contributed by atoms with E-state index in [9.17, 15) is 14.7 Å². The van der Waals surface area contributed by atoms with Gasteiger partial charge >= 0.3 is 5.97 Å². The van der Waals surface area contributed by atoms with Gasteiger partial charge in [-0.2, -0.15) is 0 Å². The van der Waals surface area contributed by atoms with Gasteiger partial charge in [-0.15, -0.1) is 0 Å². The molecule has 4 rings (SSSR count). The van der Waals surface area contributed by atoms with E-state index in [1.807, 2.05) is 4.90 Å². The molecule has 154 valence electrons. The summed E-state index contributed by atoms with van der Waals surface area (Å²) in [4.78, 5) is 30.0. The lowest BCUT2D eigenvalue weighted by Gasteiger charge is -2.35. The van der Waals surface area contributed by atoms with Crippen LogP contribution in [0.1, 0.15) is 23.2 Å². The second-order valence-corrected chi connectivity index (χ2v) is 7.76. The second-order valence-electron chi connectivity index (χ2n) is 7.76. The average Bonchev–Trinajstić information content (AvgIpc) is 3.37. The fourth-order valence-corrected chi connectivity index (χ4v) is 4.32. The van der Waals surface area contributed by atoms with Crippen LogP contribution in [0.4, 0.5) is 0 Å². The number of aliphatic hydroxyl groups excluding tert-OH is 1. The lowest BCUT2D eigenvalue weighted by atomic mass is 9.78. The average molecular weight is 399 g/mol. The summed E-state index contributed by atoms with van der Waals surface area (Å²) in [5.41, 5.74) is 0.451. The third-order valence-corrected chi connectivity index (χ3v) is 5.88. The van der Waals surface area contributed by atoms with Gasteiger partial charge in [0.05, 0.1) is 25.1 Å². The van der Waals surface area contributed by atoms with Crippen molar-refractivity contribution in [2.75, 3.05) is 20.2 Å². The van der Waals surface area contributed by atoms with E-state index < -0.39 is 12.1 Å². The van der Waals surface area contributed by atoms with Gasteiger partial charge in [-0.25, -0.2) is 9.78 Å². The number of amides is 1. The highest BCUT2D eigenvalue weighted by atomic mass is 16.5. The molecule has 0 radical (unpaired) electrons. The second kappa shape index (κ2) is 8.24. The third-order valence-electron chi connectivity index (χ3n) is 5.88. The number of imidazole rings is 1. The van der Waals surface area contributed by atoms with Gasteiger partial charge < -0.3 is 24.0 Å². The lowest BCUT2D eigenvalue weighted by molar-refractivity contribution is -0.131. The van der Waals surface area contributed by atoms with Gasteiger partial charge in [-0.05, 0) is 48.9 Å². The van der Waals surface area contributed by atoms with Crippen molar-refractivity contribution in [3.05, 3.63) is 48.5 Å². The Balaban J connectivity index is 1.35. The van der Waals surface area contributed by atoms with E-state index in [1.54, 1.807) is 47.6 Å². The molecule has 1 N–H and O–H groups in total. The van der Waals surface area contributed by atoms with E-state index in [-0.39, 0.29) is 18.6 Å². The minimum absolute atomic E-state index is 0.0720. The first-order valence-corrected chi connectivity index (χ1v) is 9.80. The van der Waals surface area contributed by atoms with Crippen molar-refractivity contribution in [2.24, 2.45) is 11.8 Å². The zero-order valence-electron chi connectivity index (χ0n) is 16.3. The summed E-state index contributed by atoms with van der Waals surface area (Å²) in [5, 5.41) is 10.6. The van der Waals surface area contributed by atoms with Gasteiger partial charge in [-0.1, -0.05) is 0 Å². The van der Waals surface area contributed by atoms with Crippen LogP contribution in [0.25, 0.3) is 0 Å². The highest BCUT2D eigenvalue weighted by Crippen LogP contribution is 2.38. The smallest absolute Gasteiger partial charge is 0.337 e. The number of aromatic nitrogens is 2. The van der Waals surface area contributed by atoms with Crippen LogP contribution in [0.5, 0.6) is 5.75 Å². The van der Waals surface area contributed by atoms with Crippen molar-refractivity contribution in [3.8, 4) is 5.75 Å². The number of methoxy groups -OCH3 is 1. The first-order valence-electron chi connectivity index (χ1n) is 9.80. The zero-order valence-corrected chi connectivity index (χ0v) is 16.3. The van der Waals surface area contributed by atoms with Gasteiger partial charge in [0, 0.05) is 25.5 Å². The Morgan fingerprint density at radius 2 is 1.90 bits per heavy atom. The molecule has 2 fully saturated rings. The number of carbonyl (C=O) groups is 2. The van der Waals surface area contributed by atoms with E-state index in [0.717, 1.165) is 0 Å². The summed E-state index contributed by atoms with van der Waals surface area (Å²) in [6.45, 7) is 1.65. The molecule has 29 heavy (non-hydrogen) atoms. The van der Waals surface area contributed by atoms with Crippen LogP contribution in [0.15, 0.2) is 43.0 Å². The number of fused-ring (bicyclic) bond motifs is 1. The van der Waals surface area contributed by atoms with E-state index in [2.05, 4.69) is 4.98 Å². The molecule has 1 saturated heterocycles. The van der Waals surface area contributed by atoms with Crippen molar-refractivity contribution in [1.29, 1.82) is 0 Å². The van der Waals surface area contributed by atoms with Crippen molar-refractivity contribution < 1.29 is 24.2 Å². The predicted molar refractivity (Wildman–Crippen MR) is 103 cm³/mol. The van der Waals surface area contributed by atoms with E-state index >= 15 is 0 Å². The van der Waals surface area contributed by atoms with Gasteiger partial charge in [0.1, 0.15) is 18.4 Å². The number of benzene rings is 1. The number of hydrogen-bond donors (Lipinski definition) is 1. The SMILES string of the molecule is COC(=O)c1ccc(O[C@@H]2C[C@@H]3CN(C(=O)Cn4ccnc4)C[C@@H]3C[C@H]2O)cc1. The number of nitrogens with zero attached hydrogens (tertiary/aromatic N) is 3.